The minimum atomic E-state index is 0.472. The summed E-state index contributed by atoms with van der Waals surface area (Å²) in [7, 11) is 0. The van der Waals surface area contributed by atoms with Crippen LogP contribution in [0, 0.1) is 11.3 Å². The number of para-hydroxylation sites is 1. The van der Waals surface area contributed by atoms with Gasteiger partial charge in [0.2, 0.25) is 0 Å². The van der Waals surface area contributed by atoms with Crippen molar-refractivity contribution in [3.8, 4) is 11.8 Å². The van der Waals surface area contributed by atoms with Gasteiger partial charge >= 0.3 is 0 Å². The zero-order valence-corrected chi connectivity index (χ0v) is 13.1. The van der Waals surface area contributed by atoms with Crippen molar-refractivity contribution in [3.05, 3.63) is 42.5 Å². The fourth-order valence-corrected chi connectivity index (χ4v) is 3.06. The molecular weight excluding hydrogens is 290 g/mol. The molecule has 6 nitrogen and oxygen atoms in total. The molecule has 1 aliphatic rings. The fourth-order valence-electron chi connectivity index (χ4n) is 3.06. The zero-order chi connectivity index (χ0) is 15.9. The summed E-state index contributed by atoms with van der Waals surface area (Å²) in [4.78, 5) is 6.47. The summed E-state index contributed by atoms with van der Waals surface area (Å²) in [6, 6.07) is 10.0. The van der Waals surface area contributed by atoms with Crippen molar-refractivity contribution in [1.82, 2.24) is 19.7 Å². The number of aromatic nitrogens is 3. The Hall–Kier alpha value is -2.39. The Morgan fingerprint density at radius 2 is 2.22 bits per heavy atom. The lowest BCUT2D eigenvalue weighted by atomic mass is 10.0. The number of likely N-dealkylation sites (tertiary alicyclic amines) is 1. The minimum absolute atomic E-state index is 0.472. The molecule has 0 aliphatic carbocycles. The maximum atomic E-state index is 9.10. The van der Waals surface area contributed by atoms with Crippen molar-refractivity contribution in [3.63, 3.8) is 0 Å². The first kappa shape index (κ1) is 15.5. The van der Waals surface area contributed by atoms with Gasteiger partial charge in [0.05, 0.1) is 12.1 Å². The first-order chi connectivity index (χ1) is 11.4. The van der Waals surface area contributed by atoms with Crippen molar-refractivity contribution in [2.24, 2.45) is 0 Å². The molecule has 1 saturated heterocycles. The number of nitrogens with zero attached hydrogens (tertiary/aromatic N) is 5. The normalized spacial score (nSPS) is 18.5. The van der Waals surface area contributed by atoms with Gasteiger partial charge in [-0.2, -0.15) is 10.4 Å². The summed E-state index contributed by atoms with van der Waals surface area (Å²) in [6.45, 7) is 3.41. The molecule has 120 valence electrons. The third-order valence-corrected chi connectivity index (χ3v) is 4.26. The van der Waals surface area contributed by atoms with Crippen LogP contribution in [0.2, 0.25) is 0 Å². The lowest BCUT2D eigenvalue weighted by Gasteiger charge is -2.35. The van der Waals surface area contributed by atoms with Crippen molar-refractivity contribution in [2.45, 2.75) is 31.8 Å². The molecule has 1 aromatic carbocycles. The van der Waals surface area contributed by atoms with Gasteiger partial charge in [-0.3, -0.25) is 9.58 Å². The summed E-state index contributed by atoms with van der Waals surface area (Å²) in [5.41, 5.74) is 0.588. The Bertz CT molecular complexity index is 649. The first-order valence-corrected chi connectivity index (χ1v) is 8.05. The van der Waals surface area contributed by atoms with E-state index in [2.05, 4.69) is 21.1 Å². The Morgan fingerprint density at radius 1 is 1.30 bits per heavy atom. The first-order valence-electron chi connectivity index (χ1n) is 8.05. The molecule has 1 atom stereocenters. The SMILES string of the molecule is N#Cc1ccccc1OCCN1CCCC[C@H]1Cn1cncn1. The molecular formula is C17H21N5O. The summed E-state index contributed by atoms with van der Waals surface area (Å²) in [5, 5.41) is 13.3. The number of piperidine rings is 1. The van der Waals surface area contributed by atoms with E-state index in [0.717, 1.165) is 19.6 Å². The minimum Gasteiger partial charge on any atom is -0.491 e. The molecule has 0 bridgehead atoms. The van der Waals surface area contributed by atoms with Crippen LogP contribution in [0.3, 0.4) is 0 Å². The van der Waals surface area contributed by atoms with Crippen LogP contribution in [0.15, 0.2) is 36.9 Å². The monoisotopic (exact) mass is 311 g/mol. The predicted molar refractivity (Wildman–Crippen MR) is 85.9 cm³/mol. The van der Waals surface area contributed by atoms with Gasteiger partial charge in [-0.15, -0.1) is 0 Å². The van der Waals surface area contributed by atoms with Gasteiger partial charge in [0, 0.05) is 12.6 Å². The zero-order valence-electron chi connectivity index (χ0n) is 13.1. The molecule has 0 unspecified atom stereocenters. The molecule has 6 heteroatoms. The lowest BCUT2D eigenvalue weighted by molar-refractivity contribution is 0.108. The number of rotatable bonds is 6. The molecule has 2 heterocycles. The Morgan fingerprint density at radius 3 is 3.04 bits per heavy atom. The molecule has 3 rings (SSSR count). The van der Waals surface area contributed by atoms with Crippen molar-refractivity contribution >= 4 is 0 Å². The maximum Gasteiger partial charge on any atom is 0.137 e. The van der Waals surface area contributed by atoms with Crippen molar-refractivity contribution < 1.29 is 4.74 Å². The highest BCUT2D eigenvalue weighted by molar-refractivity contribution is 5.42. The molecule has 0 radical (unpaired) electrons. The highest BCUT2D eigenvalue weighted by Crippen LogP contribution is 2.19. The van der Waals surface area contributed by atoms with Crippen LogP contribution in [0.4, 0.5) is 0 Å². The summed E-state index contributed by atoms with van der Waals surface area (Å²) >= 11 is 0. The molecule has 1 aliphatic heterocycles. The highest BCUT2D eigenvalue weighted by atomic mass is 16.5. The third kappa shape index (κ3) is 4.08. The van der Waals surface area contributed by atoms with Crippen LogP contribution < -0.4 is 4.74 Å². The Labute approximate surface area is 136 Å². The highest BCUT2D eigenvalue weighted by Gasteiger charge is 2.22. The average molecular weight is 311 g/mol. The van der Waals surface area contributed by atoms with E-state index in [1.807, 2.05) is 22.9 Å². The molecule has 0 saturated carbocycles. The van der Waals surface area contributed by atoms with Crippen LogP contribution in [0.1, 0.15) is 24.8 Å². The van der Waals surface area contributed by atoms with E-state index in [-0.39, 0.29) is 0 Å². The van der Waals surface area contributed by atoms with E-state index >= 15 is 0 Å². The molecule has 2 aromatic rings. The van der Waals surface area contributed by atoms with E-state index < -0.39 is 0 Å². The maximum absolute atomic E-state index is 9.10. The molecule has 0 spiro atoms. The van der Waals surface area contributed by atoms with Crippen molar-refractivity contribution in [2.75, 3.05) is 19.7 Å². The van der Waals surface area contributed by atoms with Gasteiger partial charge < -0.3 is 4.74 Å². The topological polar surface area (TPSA) is 67.0 Å². The van der Waals surface area contributed by atoms with Gasteiger partial charge in [-0.05, 0) is 31.5 Å². The van der Waals surface area contributed by atoms with E-state index in [0.29, 0.717) is 24.0 Å². The van der Waals surface area contributed by atoms with Crippen LogP contribution in [0.5, 0.6) is 5.75 Å². The third-order valence-electron chi connectivity index (χ3n) is 4.26. The van der Waals surface area contributed by atoms with E-state index in [4.69, 9.17) is 10.00 Å². The second-order valence-electron chi connectivity index (χ2n) is 5.76. The van der Waals surface area contributed by atoms with Gasteiger partial charge in [0.25, 0.3) is 0 Å². The van der Waals surface area contributed by atoms with Gasteiger partial charge in [0.1, 0.15) is 31.1 Å². The van der Waals surface area contributed by atoms with Crippen LogP contribution in [-0.2, 0) is 6.54 Å². The number of hydrogen-bond donors (Lipinski definition) is 0. The molecule has 0 N–H and O–H groups in total. The summed E-state index contributed by atoms with van der Waals surface area (Å²) in [5.74, 6) is 0.667. The quantitative estimate of drug-likeness (QED) is 0.817. The standard InChI is InChI=1S/C17H21N5O/c18-11-15-5-1-2-7-17(15)23-10-9-21-8-4-3-6-16(21)12-22-14-19-13-20-22/h1-2,5,7,13-14,16H,3-4,6,8-10,12H2/t16-/m0/s1. The van der Waals surface area contributed by atoms with E-state index in [1.54, 1.807) is 18.7 Å². The molecule has 1 aromatic heterocycles. The van der Waals surface area contributed by atoms with Crippen LogP contribution >= 0.6 is 0 Å². The van der Waals surface area contributed by atoms with Crippen LogP contribution in [0.25, 0.3) is 0 Å². The van der Waals surface area contributed by atoms with Gasteiger partial charge in [-0.25, -0.2) is 4.98 Å². The fraction of sp³-hybridized carbons (Fsp3) is 0.471. The molecule has 1 fully saturated rings. The Kier molecular flexibility index (Phi) is 5.22. The second kappa shape index (κ2) is 7.75. The summed E-state index contributed by atoms with van der Waals surface area (Å²) in [6.07, 6.45) is 7.01. The summed E-state index contributed by atoms with van der Waals surface area (Å²) < 4.78 is 7.71. The van der Waals surface area contributed by atoms with Crippen LogP contribution in [-0.4, -0.2) is 45.4 Å². The average Bonchev–Trinajstić information content (AvgIpc) is 3.10. The van der Waals surface area contributed by atoms with Crippen molar-refractivity contribution in [1.29, 1.82) is 5.26 Å². The predicted octanol–water partition coefficient (Wildman–Crippen LogP) is 2.08. The number of ether oxygens (including phenoxy) is 1. The Balaban J connectivity index is 1.54. The van der Waals surface area contributed by atoms with E-state index in [1.165, 1.54) is 19.3 Å². The number of benzene rings is 1. The molecule has 0 amide bonds. The second-order valence-corrected chi connectivity index (χ2v) is 5.76. The van der Waals surface area contributed by atoms with Gasteiger partial charge in [-0.1, -0.05) is 18.6 Å². The lowest BCUT2D eigenvalue weighted by Crippen LogP contribution is -2.44. The largest absolute Gasteiger partial charge is 0.491 e. The van der Waals surface area contributed by atoms with E-state index in [9.17, 15) is 0 Å². The smallest absolute Gasteiger partial charge is 0.137 e. The molecule has 23 heavy (non-hydrogen) atoms. The number of nitriles is 1. The van der Waals surface area contributed by atoms with Gasteiger partial charge in [0.15, 0.2) is 0 Å². The number of hydrogen-bond acceptors (Lipinski definition) is 5.